The second-order valence-corrected chi connectivity index (χ2v) is 6.87. The molecule has 1 fully saturated rings. The number of thiophene rings is 1. The molecule has 1 aliphatic rings. The molecule has 3 nitrogen and oxygen atoms in total. The molecule has 100 valence electrons. The van der Waals surface area contributed by atoms with Crippen molar-refractivity contribution >= 4 is 27.3 Å². The van der Waals surface area contributed by atoms with E-state index in [1.165, 1.54) is 4.88 Å². The fourth-order valence-corrected chi connectivity index (χ4v) is 3.93. The van der Waals surface area contributed by atoms with Crippen LogP contribution >= 0.6 is 27.3 Å². The lowest BCUT2D eigenvalue weighted by molar-refractivity contribution is 0.385. The third-order valence-electron chi connectivity index (χ3n) is 3.63. The highest BCUT2D eigenvalue weighted by atomic mass is 79.9. The first-order valence-electron chi connectivity index (χ1n) is 6.55. The van der Waals surface area contributed by atoms with Gasteiger partial charge in [-0.15, -0.1) is 11.3 Å². The van der Waals surface area contributed by atoms with Gasteiger partial charge in [-0.05, 0) is 53.7 Å². The molecule has 19 heavy (non-hydrogen) atoms. The summed E-state index contributed by atoms with van der Waals surface area (Å²) in [4.78, 5) is 10.4. The molecular formula is C14H16BrN3S. The van der Waals surface area contributed by atoms with E-state index in [1.807, 2.05) is 12.3 Å². The Labute approximate surface area is 125 Å². The Hall–Kier alpha value is -0.780. The zero-order valence-corrected chi connectivity index (χ0v) is 13.0. The molecule has 0 radical (unpaired) electrons. The van der Waals surface area contributed by atoms with Crippen LogP contribution in [0.2, 0.25) is 0 Å². The SMILES string of the molecule is NC1CCC(c2nccc(-c3cc(Br)cs3)n2)CC1. The largest absolute Gasteiger partial charge is 0.328 e. The third kappa shape index (κ3) is 3.04. The van der Waals surface area contributed by atoms with Crippen LogP contribution in [0.25, 0.3) is 10.6 Å². The molecular weight excluding hydrogens is 322 g/mol. The van der Waals surface area contributed by atoms with Crippen LogP contribution in [0.3, 0.4) is 0 Å². The van der Waals surface area contributed by atoms with E-state index in [1.54, 1.807) is 11.3 Å². The van der Waals surface area contributed by atoms with E-state index >= 15 is 0 Å². The minimum absolute atomic E-state index is 0.368. The number of halogens is 1. The van der Waals surface area contributed by atoms with E-state index in [4.69, 9.17) is 10.7 Å². The van der Waals surface area contributed by atoms with Crippen LogP contribution in [-0.4, -0.2) is 16.0 Å². The second kappa shape index (κ2) is 5.69. The molecule has 2 aromatic heterocycles. The van der Waals surface area contributed by atoms with Crippen LogP contribution in [0.5, 0.6) is 0 Å². The van der Waals surface area contributed by atoms with Gasteiger partial charge in [-0.25, -0.2) is 9.97 Å². The van der Waals surface area contributed by atoms with Crippen molar-refractivity contribution in [2.45, 2.75) is 37.6 Å². The summed E-state index contributed by atoms with van der Waals surface area (Å²) in [6, 6.07) is 4.46. The van der Waals surface area contributed by atoms with Gasteiger partial charge < -0.3 is 5.73 Å². The average molecular weight is 338 g/mol. The molecule has 0 unspecified atom stereocenters. The van der Waals surface area contributed by atoms with Crippen LogP contribution in [0.15, 0.2) is 28.2 Å². The second-order valence-electron chi connectivity index (χ2n) is 5.04. The van der Waals surface area contributed by atoms with Gasteiger partial charge in [-0.2, -0.15) is 0 Å². The maximum Gasteiger partial charge on any atom is 0.132 e. The first kappa shape index (κ1) is 13.2. The first-order chi connectivity index (χ1) is 9.22. The first-order valence-corrected chi connectivity index (χ1v) is 8.22. The van der Waals surface area contributed by atoms with Gasteiger partial charge in [0, 0.05) is 28.0 Å². The molecule has 0 aliphatic heterocycles. The minimum Gasteiger partial charge on any atom is -0.328 e. The summed E-state index contributed by atoms with van der Waals surface area (Å²) < 4.78 is 1.11. The quantitative estimate of drug-likeness (QED) is 0.902. The molecule has 1 aliphatic carbocycles. The van der Waals surface area contributed by atoms with Gasteiger partial charge in [-0.3, -0.25) is 0 Å². The van der Waals surface area contributed by atoms with Crippen molar-refractivity contribution < 1.29 is 0 Å². The molecule has 3 rings (SSSR count). The fraction of sp³-hybridized carbons (Fsp3) is 0.429. The van der Waals surface area contributed by atoms with Gasteiger partial charge in [0.15, 0.2) is 0 Å². The summed E-state index contributed by atoms with van der Waals surface area (Å²) in [6.07, 6.45) is 6.27. The Kier molecular flexibility index (Phi) is 3.96. The van der Waals surface area contributed by atoms with Crippen molar-refractivity contribution in [3.05, 3.63) is 34.0 Å². The molecule has 1 saturated carbocycles. The smallest absolute Gasteiger partial charge is 0.132 e. The molecule has 2 aromatic rings. The topological polar surface area (TPSA) is 51.8 Å². The van der Waals surface area contributed by atoms with Gasteiger partial charge in [0.1, 0.15) is 5.82 Å². The van der Waals surface area contributed by atoms with E-state index in [0.717, 1.165) is 41.7 Å². The predicted molar refractivity (Wildman–Crippen MR) is 82.2 cm³/mol. The Bertz CT molecular complexity index is 561. The summed E-state index contributed by atoms with van der Waals surface area (Å²) in [5, 5.41) is 2.08. The normalized spacial score (nSPS) is 23.5. The zero-order valence-electron chi connectivity index (χ0n) is 10.6. The average Bonchev–Trinajstić information content (AvgIpc) is 2.86. The van der Waals surface area contributed by atoms with E-state index in [9.17, 15) is 0 Å². The molecule has 0 atom stereocenters. The molecule has 0 saturated heterocycles. The maximum absolute atomic E-state index is 5.95. The van der Waals surface area contributed by atoms with Crippen molar-refractivity contribution in [1.82, 2.24) is 9.97 Å². The zero-order chi connectivity index (χ0) is 13.2. The van der Waals surface area contributed by atoms with Crippen LogP contribution in [0.1, 0.15) is 37.4 Å². The van der Waals surface area contributed by atoms with Gasteiger partial charge in [0.2, 0.25) is 0 Å². The van der Waals surface area contributed by atoms with Crippen molar-refractivity contribution in [2.75, 3.05) is 0 Å². The number of nitrogens with two attached hydrogens (primary N) is 1. The van der Waals surface area contributed by atoms with Crippen LogP contribution in [0.4, 0.5) is 0 Å². The monoisotopic (exact) mass is 337 g/mol. The van der Waals surface area contributed by atoms with Gasteiger partial charge >= 0.3 is 0 Å². The Morgan fingerprint density at radius 1 is 1.26 bits per heavy atom. The molecule has 0 spiro atoms. The highest BCUT2D eigenvalue weighted by Gasteiger charge is 2.22. The maximum atomic E-state index is 5.95. The highest BCUT2D eigenvalue weighted by molar-refractivity contribution is 9.10. The summed E-state index contributed by atoms with van der Waals surface area (Å²) >= 11 is 5.19. The fourth-order valence-electron chi connectivity index (χ4n) is 2.53. The van der Waals surface area contributed by atoms with Crippen molar-refractivity contribution in [1.29, 1.82) is 0 Å². The Morgan fingerprint density at radius 3 is 2.74 bits per heavy atom. The minimum atomic E-state index is 0.368. The lowest BCUT2D eigenvalue weighted by Crippen LogP contribution is -2.26. The van der Waals surface area contributed by atoms with E-state index in [0.29, 0.717) is 12.0 Å². The van der Waals surface area contributed by atoms with Gasteiger partial charge in [0.05, 0.1) is 10.6 Å². The Balaban J connectivity index is 1.84. The molecule has 0 aromatic carbocycles. The number of rotatable bonds is 2. The highest BCUT2D eigenvalue weighted by Crippen LogP contribution is 2.32. The molecule has 5 heteroatoms. The van der Waals surface area contributed by atoms with E-state index < -0.39 is 0 Å². The molecule has 0 amide bonds. The standard InChI is InChI=1S/C14H16BrN3S/c15-10-7-13(19-8-10)12-5-6-17-14(18-12)9-1-3-11(16)4-2-9/h5-9,11H,1-4,16H2. The van der Waals surface area contributed by atoms with Crippen molar-refractivity contribution in [3.8, 4) is 10.6 Å². The van der Waals surface area contributed by atoms with Gasteiger partial charge in [-0.1, -0.05) is 0 Å². The van der Waals surface area contributed by atoms with Crippen LogP contribution < -0.4 is 5.73 Å². The summed E-state index contributed by atoms with van der Waals surface area (Å²) in [7, 11) is 0. The lowest BCUT2D eigenvalue weighted by atomic mass is 9.86. The summed E-state index contributed by atoms with van der Waals surface area (Å²) in [6.45, 7) is 0. The van der Waals surface area contributed by atoms with E-state index in [-0.39, 0.29) is 0 Å². The van der Waals surface area contributed by atoms with Crippen LogP contribution in [0, 0.1) is 0 Å². The number of nitrogens with zero attached hydrogens (tertiary/aromatic N) is 2. The molecule has 2 N–H and O–H groups in total. The molecule has 0 bridgehead atoms. The lowest BCUT2D eigenvalue weighted by Gasteiger charge is -2.24. The number of aromatic nitrogens is 2. The van der Waals surface area contributed by atoms with E-state index in [2.05, 4.69) is 32.4 Å². The summed E-state index contributed by atoms with van der Waals surface area (Å²) in [5.74, 6) is 1.46. The number of hydrogen-bond donors (Lipinski definition) is 1. The third-order valence-corrected chi connectivity index (χ3v) is 5.34. The predicted octanol–water partition coefficient (Wildman–Crippen LogP) is 3.95. The van der Waals surface area contributed by atoms with Crippen molar-refractivity contribution in [2.24, 2.45) is 5.73 Å². The summed E-state index contributed by atoms with van der Waals surface area (Å²) in [5.41, 5.74) is 6.98. The number of hydrogen-bond acceptors (Lipinski definition) is 4. The molecule has 2 heterocycles. The van der Waals surface area contributed by atoms with Gasteiger partial charge in [0.25, 0.3) is 0 Å². The van der Waals surface area contributed by atoms with Crippen LogP contribution in [-0.2, 0) is 0 Å². The van der Waals surface area contributed by atoms with Crippen molar-refractivity contribution in [3.63, 3.8) is 0 Å². The Morgan fingerprint density at radius 2 is 2.05 bits per heavy atom.